The lowest BCUT2D eigenvalue weighted by Crippen LogP contribution is -2.14. The van der Waals surface area contributed by atoms with Gasteiger partial charge in [-0.15, -0.1) is 10.2 Å². The van der Waals surface area contributed by atoms with Crippen LogP contribution in [0.2, 0.25) is 5.02 Å². The molecule has 6 nitrogen and oxygen atoms in total. The molecule has 1 aromatic heterocycles. The Morgan fingerprint density at radius 3 is 2.90 bits per heavy atom. The van der Waals surface area contributed by atoms with Crippen molar-refractivity contribution in [1.29, 1.82) is 0 Å². The van der Waals surface area contributed by atoms with Gasteiger partial charge in [0, 0.05) is 0 Å². The van der Waals surface area contributed by atoms with E-state index in [1.807, 2.05) is 12.1 Å². The molecule has 0 aliphatic rings. The van der Waals surface area contributed by atoms with Gasteiger partial charge in [-0.25, -0.2) is 0 Å². The van der Waals surface area contributed by atoms with E-state index < -0.39 is 5.25 Å². The fourth-order valence-corrected chi connectivity index (χ4v) is 2.33. The van der Waals surface area contributed by atoms with Gasteiger partial charge in [0.15, 0.2) is 6.61 Å². The molecule has 0 bridgehead atoms. The normalized spacial score (nSPS) is 12.0. The monoisotopic (exact) mass is 328 g/mol. The van der Waals surface area contributed by atoms with Gasteiger partial charge in [-0.05, 0) is 19.1 Å². The van der Waals surface area contributed by atoms with Gasteiger partial charge < -0.3 is 13.9 Å². The Kier molecular flexibility index (Phi) is 5.46. The molecule has 8 heteroatoms. The number of methoxy groups -OCH3 is 1. The number of para-hydroxylation sites is 1. The highest BCUT2D eigenvalue weighted by molar-refractivity contribution is 8.00. The van der Waals surface area contributed by atoms with Crippen LogP contribution in [-0.4, -0.2) is 28.5 Å². The van der Waals surface area contributed by atoms with E-state index >= 15 is 0 Å². The minimum Gasteiger partial charge on any atom is -0.482 e. The average Bonchev–Trinajstić information content (AvgIpc) is 2.93. The van der Waals surface area contributed by atoms with Crippen LogP contribution < -0.4 is 4.74 Å². The molecular formula is C13H13ClN2O4S. The molecule has 1 atom stereocenters. The van der Waals surface area contributed by atoms with Crippen molar-refractivity contribution >= 4 is 29.3 Å². The summed E-state index contributed by atoms with van der Waals surface area (Å²) >= 11 is 7.09. The number of hydrogen-bond acceptors (Lipinski definition) is 7. The van der Waals surface area contributed by atoms with Crippen LogP contribution in [0.25, 0.3) is 0 Å². The number of nitrogens with zero attached hydrogens (tertiary/aromatic N) is 2. The molecule has 0 amide bonds. The topological polar surface area (TPSA) is 74.5 Å². The molecular weight excluding hydrogens is 316 g/mol. The summed E-state index contributed by atoms with van der Waals surface area (Å²) in [6, 6.07) is 7.09. The molecule has 0 saturated carbocycles. The van der Waals surface area contributed by atoms with Gasteiger partial charge in [0.2, 0.25) is 0 Å². The Balaban J connectivity index is 1.91. The van der Waals surface area contributed by atoms with Crippen LogP contribution in [0.15, 0.2) is 33.9 Å². The van der Waals surface area contributed by atoms with Gasteiger partial charge in [-0.1, -0.05) is 35.5 Å². The van der Waals surface area contributed by atoms with Gasteiger partial charge >= 0.3 is 5.97 Å². The number of halogens is 1. The maximum absolute atomic E-state index is 11.3. The van der Waals surface area contributed by atoms with E-state index in [2.05, 4.69) is 14.9 Å². The predicted octanol–water partition coefficient (Wildman–Crippen LogP) is 2.96. The van der Waals surface area contributed by atoms with Crippen LogP contribution in [-0.2, 0) is 16.1 Å². The summed E-state index contributed by atoms with van der Waals surface area (Å²) in [6.45, 7) is 1.80. The van der Waals surface area contributed by atoms with Gasteiger partial charge in [0.05, 0.1) is 12.1 Å². The second-order valence-electron chi connectivity index (χ2n) is 3.96. The zero-order valence-electron chi connectivity index (χ0n) is 11.4. The maximum Gasteiger partial charge on any atom is 0.319 e. The summed E-state index contributed by atoms with van der Waals surface area (Å²) in [5.41, 5.74) is 0. The number of carbonyl (C=O) groups is 1. The number of ether oxygens (including phenoxy) is 2. The lowest BCUT2D eigenvalue weighted by atomic mass is 10.3. The zero-order valence-corrected chi connectivity index (χ0v) is 13.0. The van der Waals surface area contributed by atoms with E-state index in [1.165, 1.54) is 7.11 Å². The van der Waals surface area contributed by atoms with Crippen molar-refractivity contribution < 1.29 is 18.7 Å². The van der Waals surface area contributed by atoms with Crippen molar-refractivity contribution in [1.82, 2.24) is 10.2 Å². The third-order valence-electron chi connectivity index (χ3n) is 2.45. The summed E-state index contributed by atoms with van der Waals surface area (Å²) in [7, 11) is 1.33. The van der Waals surface area contributed by atoms with Gasteiger partial charge in [0.1, 0.15) is 11.0 Å². The summed E-state index contributed by atoms with van der Waals surface area (Å²) in [5.74, 6) is 0.482. The summed E-state index contributed by atoms with van der Waals surface area (Å²) in [4.78, 5) is 11.3. The number of esters is 1. The maximum atomic E-state index is 11.3. The molecule has 1 heterocycles. The molecule has 2 aromatic rings. The average molecular weight is 329 g/mol. The molecule has 0 N–H and O–H groups in total. The Hall–Kier alpha value is -1.73. The molecule has 0 radical (unpaired) electrons. The molecule has 21 heavy (non-hydrogen) atoms. The number of thioether (sulfide) groups is 1. The van der Waals surface area contributed by atoms with Gasteiger partial charge in [-0.3, -0.25) is 4.79 Å². The second-order valence-corrected chi connectivity index (χ2v) is 5.66. The lowest BCUT2D eigenvalue weighted by Gasteiger charge is -2.05. The molecule has 0 aliphatic heterocycles. The van der Waals surface area contributed by atoms with E-state index in [0.29, 0.717) is 16.7 Å². The highest BCUT2D eigenvalue weighted by Gasteiger charge is 2.18. The van der Waals surface area contributed by atoms with Crippen molar-refractivity contribution in [3.63, 3.8) is 0 Å². The minimum atomic E-state index is -0.423. The smallest absolute Gasteiger partial charge is 0.319 e. The van der Waals surface area contributed by atoms with E-state index in [0.717, 1.165) is 11.8 Å². The van der Waals surface area contributed by atoms with Crippen LogP contribution in [0, 0.1) is 0 Å². The van der Waals surface area contributed by atoms with Crippen LogP contribution in [0.1, 0.15) is 12.8 Å². The highest BCUT2D eigenvalue weighted by Crippen LogP contribution is 2.25. The Labute approximate surface area is 130 Å². The second kappa shape index (κ2) is 7.33. The number of carbonyl (C=O) groups excluding carboxylic acids is 1. The summed E-state index contributed by atoms with van der Waals surface area (Å²) in [5, 5.41) is 8.04. The van der Waals surface area contributed by atoms with Gasteiger partial charge in [0.25, 0.3) is 11.1 Å². The summed E-state index contributed by atoms with van der Waals surface area (Å²) < 4.78 is 15.5. The molecule has 0 fully saturated rings. The largest absolute Gasteiger partial charge is 0.482 e. The van der Waals surface area contributed by atoms with Crippen molar-refractivity contribution in [3.8, 4) is 5.75 Å². The number of rotatable bonds is 6. The Morgan fingerprint density at radius 2 is 2.19 bits per heavy atom. The molecule has 0 aliphatic carbocycles. The predicted molar refractivity (Wildman–Crippen MR) is 77.4 cm³/mol. The number of aromatic nitrogens is 2. The summed E-state index contributed by atoms with van der Waals surface area (Å²) in [6.07, 6.45) is 0. The van der Waals surface area contributed by atoms with Crippen LogP contribution in [0.4, 0.5) is 0 Å². The molecule has 0 spiro atoms. The lowest BCUT2D eigenvalue weighted by molar-refractivity contribution is -0.139. The van der Waals surface area contributed by atoms with E-state index in [4.69, 9.17) is 20.8 Å². The van der Waals surface area contributed by atoms with Crippen LogP contribution in [0.3, 0.4) is 0 Å². The molecule has 0 unspecified atom stereocenters. The van der Waals surface area contributed by atoms with Crippen LogP contribution >= 0.6 is 23.4 Å². The third-order valence-corrected chi connectivity index (χ3v) is 3.67. The first-order chi connectivity index (χ1) is 10.1. The minimum absolute atomic E-state index is 0.101. The first-order valence-electron chi connectivity index (χ1n) is 6.04. The zero-order chi connectivity index (χ0) is 15.2. The highest BCUT2D eigenvalue weighted by atomic mass is 35.5. The fourth-order valence-electron chi connectivity index (χ4n) is 1.41. The standard InChI is InChI=1S/C13H13ClN2O4S/c1-8(12(17)18-2)21-13-16-15-11(20-13)7-19-10-6-4-3-5-9(10)14/h3-6,8H,7H2,1-2H3/t8-/m0/s1. The molecule has 1 aromatic carbocycles. The fraction of sp³-hybridized carbons (Fsp3) is 0.308. The number of hydrogen-bond donors (Lipinski definition) is 0. The van der Waals surface area contributed by atoms with E-state index in [1.54, 1.807) is 19.1 Å². The molecule has 2 rings (SSSR count). The van der Waals surface area contributed by atoms with Crippen LogP contribution in [0.5, 0.6) is 5.75 Å². The van der Waals surface area contributed by atoms with E-state index in [-0.39, 0.29) is 17.8 Å². The van der Waals surface area contributed by atoms with Crippen molar-refractivity contribution in [2.75, 3.05) is 7.11 Å². The Morgan fingerprint density at radius 1 is 1.43 bits per heavy atom. The van der Waals surface area contributed by atoms with Crippen molar-refractivity contribution in [2.24, 2.45) is 0 Å². The molecule has 0 saturated heterocycles. The number of benzene rings is 1. The third kappa shape index (κ3) is 4.37. The van der Waals surface area contributed by atoms with Gasteiger partial charge in [-0.2, -0.15) is 0 Å². The quantitative estimate of drug-likeness (QED) is 0.596. The first kappa shape index (κ1) is 15.7. The van der Waals surface area contributed by atoms with Crippen molar-refractivity contribution in [3.05, 3.63) is 35.2 Å². The van der Waals surface area contributed by atoms with E-state index in [9.17, 15) is 4.79 Å². The Bertz CT molecular complexity index is 620. The first-order valence-corrected chi connectivity index (χ1v) is 7.30. The SMILES string of the molecule is COC(=O)[C@H](C)Sc1nnc(COc2ccccc2Cl)o1. The van der Waals surface area contributed by atoms with Crippen molar-refractivity contribution in [2.45, 2.75) is 24.0 Å². The molecule has 112 valence electrons.